The number of nitrogens with one attached hydrogen (secondary N) is 1. The topological polar surface area (TPSA) is 50.7 Å². The van der Waals surface area contributed by atoms with Gasteiger partial charge in [-0.1, -0.05) is 30.3 Å². The lowest BCUT2D eigenvalue weighted by Crippen LogP contribution is -2.20. The second-order valence-corrected chi connectivity index (χ2v) is 5.55. The summed E-state index contributed by atoms with van der Waals surface area (Å²) in [6, 6.07) is 17.4. The minimum absolute atomic E-state index is 0.0374. The van der Waals surface area contributed by atoms with Crippen LogP contribution in [0.1, 0.15) is 22.8 Å². The Morgan fingerprint density at radius 2 is 1.76 bits per heavy atom. The normalized spacial score (nSPS) is 11.4. The third-order valence-corrected chi connectivity index (χ3v) is 3.91. The van der Waals surface area contributed by atoms with Crippen LogP contribution in [0.4, 0.5) is 4.39 Å². The van der Waals surface area contributed by atoms with Crippen molar-refractivity contribution >= 4 is 22.4 Å². The van der Waals surface area contributed by atoms with Crippen molar-refractivity contribution in [2.45, 2.75) is 6.92 Å². The molecule has 0 fully saturated rings. The van der Waals surface area contributed by atoms with Gasteiger partial charge in [0.2, 0.25) is 0 Å². The summed E-state index contributed by atoms with van der Waals surface area (Å²) < 4.78 is 18.8. The molecule has 0 spiro atoms. The van der Waals surface area contributed by atoms with Crippen molar-refractivity contribution in [3.8, 4) is 5.75 Å². The van der Waals surface area contributed by atoms with Gasteiger partial charge in [-0.15, -0.1) is 0 Å². The number of hydrogen-bond acceptors (Lipinski definition) is 3. The molecule has 3 aromatic rings. The molecule has 0 aliphatic rings. The van der Waals surface area contributed by atoms with Gasteiger partial charge in [0.25, 0.3) is 5.91 Å². The average molecular weight is 336 g/mol. The highest BCUT2D eigenvalue weighted by Crippen LogP contribution is 2.22. The van der Waals surface area contributed by atoms with E-state index in [-0.39, 0.29) is 5.56 Å². The van der Waals surface area contributed by atoms with Gasteiger partial charge in [0.15, 0.2) is 0 Å². The molecule has 0 saturated carbocycles. The van der Waals surface area contributed by atoms with E-state index in [1.54, 1.807) is 20.1 Å². The fourth-order valence-corrected chi connectivity index (χ4v) is 2.48. The molecule has 0 atom stereocenters. The van der Waals surface area contributed by atoms with E-state index in [0.717, 1.165) is 22.1 Å². The van der Waals surface area contributed by atoms with E-state index in [9.17, 15) is 9.18 Å². The number of carbonyl (C=O) groups excluding carboxylic acids is 1. The van der Waals surface area contributed by atoms with Crippen LogP contribution >= 0.6 is 0 Å². The molecule has 0 aromatic heterocycles. The van der Waals surface area contributed by atoms with Crippen LogP contribution in [0.25, 0.3) is 10.8 Å². The van der Waals surface area contributed by atoms with Crippen LogP contribution < -0.4 is 10.2 Å². The molecular weight excluding hydrogens is 319 g/mol. The van der Waals surface area contributed by atoms with Gasteiger partial charge in [0.1, 0.15) is 11.6 Å². The van der Waals surface area contributed by atoms with E-state index in [2.05, 4.69) is 10.5 Å². The van der Waals surface area contributed by atoms with E-state index >= 15 is 0 Å². The van der Waals surface area contributed by atoms with Crippen molar-refractivity contribution in [3.63, 3.8) is 0 Å². The predicted molar refractivity (Wildman–Crippen MR) is 96.6 cm³/mol. The Morgan fingerprint density at radius 1 is 1.04 bits per heavy atom. The van der Waals surface area contributed by atoms with Gasteiger partial charge in [-0.25, -0.2) is 9.82 Å². The highest BCUT2D eigenvalue weighted by molar-refractivity contribution is 6.03. The van der Waals surface area contributed by atoms with Gasteiger partial charge in [-0.3, -0.25) is 4.79 Å². The number of nitrogens with zero attached hydrogens (tertiary/aromatic N) is 1. The van der Waals surface area contributed by atoms with Gasteiger partial charge >= 0.3 is 0 Å². The van der Waals surface area contributed by atoms with Crippen LogP contribution in [-0.2, 0) is 0 Å². The molecular formula is C20H17FN2O2. The first kappa shape index (κ1) is 16.6. The summed E-state index contributed by atoms with van der Waals surface area (Å²) in [6.45, 7) is 1.78. The van der Waals surface area contributed by atoms with E-state index in [1.165, 1.54) is 18.2 Å². The molecule has 3 aromatic carbocycles. The third kappa shape index (κ3) is 3.66. The summed E-state index contributed by atoms with van der Waals surface area (Å²) in [5, 5.41) is 6.16. The Kier molecular flexibility index (Phi) is 4.75. The Labute approximate surface area is 144 Å². The van der Waals surface area contributed by atoms with Crippen molar-refractivity contribution < 1.29 is 13.9 Å². The van der Waals surface area contributed by atoms with Crippen molar-refractivity contribution in [2.24, 2.45) is 5.10 Å². The second kappa shape index (κ2) is 7.13. The summed E-state index contributed by atoms with van der Waals surface area (Å²) in [7, 11) is 1.63. The van der Waals surface area contributed by atoms with Crippen LogP contribution in [0.3, 0.4) is 0 Å². The first-order chi connectivity index (χ1) is 12.1. The van der Waals surface area contributed by atoms with E-state index in [0.29, 0.717) is 5.71 Å². The van der Waals surface area contributed by atoms with Crippen molar-refractivity contribution in [1.82, 2.24) is 5.43 Å². The first-order valence-corrected chi connectivity index (χ1v) is 7.76. The standard InChI is InChI=1S/C20H17FN2O2/c1-13(22-23-20(24)18-5-3-4-6-19(18)21)14-7-8-16-12-17(25-2)10-9-15(16)11-14/h3-12H,1-2H3,(H,23,24)/b22-13+. The molecule has 25 heavy (non-hydrogen) atoms. The van der Waals surface area contributed by atoms with E-state index < -0.39 is 11.7 Å². The molecule has 0 radical (unpaired) electrons. The maximum atomic E-state index is 13.6. The SMILES string of the molecule is COc1ccc2cc(/C(C)=N/NC(=O)c3ccccc3F)ccc2c1. The minimum Gasteiger partial charge on any atom is -0.497 e. The lowest BCUT2D eigenvalue weighted by molar-refractivity contribution is 0.0951. The summed E-state index contributed by atoms with van der Waals surface area (Å²) >= 11 is 0. The van der Waals surface area contributed by atoms with Crippen molar-refractivity contribution in [3.05, 3.63) is 77.6 Å². The van der Waals surface area contributed by atoms with Gasteiger partial charge in [0.05, 0.1) is 18.4 Å². The van der Waals surface area contributed by atoms with Crippen LogP contribution in [0.15, 0.2) is 65.8 Å². The van der Waals surface area contributed by atoms with Gasteiger partial charge in [-0.05, 0) is 53.6 Å². The zero-order valence-corrected chi connectivity index (χ0v) is 13.9. The molecule has 0 aliphatic heterocycles. The van der Waals surface area contributed by atoms with Crippen molar-refractivity contribution in [2.75, 3.05) is 7.11 Å². The molecule has 0 bridgehead atoms. The lowest BCUT2D eigenvalue weighted by Gasteiger charge is -2.06. The second-order valence-electron chi connectivity index (χ2n) is 5.55. The Balaban J connectivity index is 1.81. The maximum Gasteiger partial charge on any atom is 0.274 e. The minimum atomic E-state index is -0.581. The maximum absolute atomic E-state index is 13.6. The van der Waals surface area contributed by atoms with Crippen LogP contribution in [-0.4, -0.2) is 18.7 Å². The largest absolute Gasteiger partial charge is 0.497 e. The Morgan fingerprint density at radius 3 is 2.52 bits per heavy atom. The lowest BCUT2D eigenvalue weighted by atomic mass is 10.0. The molecule has 3 rings (SSSR count). The van der Waals surface area contributed by atoms with Crippen LogP contribution in [0, 0.1) is 5.82 Å². The van der Waals surface area contributed by atoms with E-state index in [1.807, 2.05) is 36.4 Å². The number of benzene rings is 3. The number of hydrogen-bond donors (Lipinski definition) is 1. The zero-order valence-electron chi connectivity index (χ0n) is 13.9. The number of hydrazone groups is 1. The van der Waals surface area contributed by atoms with Crippen molar-refractivity contribution in [1.29, 1.82) is 0 Å². The molecule has 4 nitrogen and oxygen atoms in total. The molecule has 0 saturated heterocycles. The highest BCUT2D eigenvalue weighted by atomic mass is 19.1. The van der Waals surface area contributed by atoms with Crippen LogP contribution in [0.5, 0.6) is 5.75 Å². The first-order valence-electron chi connectivity index (χ1n) is 7.76. The highest BCUT2D eigenvalue weighted by Gasteiger charge is 2.10. The summed E-state index contributed by atoms with van der Waals surface area (Å²) in [5.41, 5.74) is 3.85. The Hall–Kier alpha value is -3.21. The summed E-state index contributed by atoms with van der Waals surface area (Å²) in [6.07, 6.45) is 0. The number of ether oxygens (including phenoxy) is 1. The number of carbonyl (C=O) groups is 1. The number of fused-ring (bicyclic) bond motifs is 1. The number of halogens is 1. The molecule has 5 heteroatoms. The van der Waals surface area contributed by atoms with Gasteiger partial charge in [0, 0.05) is 0 Å². The number of rotatable bonds is 4. The Bertz CT molecular complexity index is 967. The number of amides is 1. The fraction of sp³-hybridized carbons (Fsp3) is 0.100. The van der Waals surface area contributed by atoms with Gasteiger partial charge < -0.3 is 4.74 Å². The summed E-state index contributed by atoms with van der Waals surface area (Å²) in [4.78, 5) is 12.0. The smallest absolute Gasteiger partial charge is 0.274 e. The molecule has 0 unspecified atom stereocenters. The van der Waals surface area contributed by atoms with E-state index in [4.69, 9.17) is 4.74 Å². The zero-order chi connectivity index (χ0) is 17.8. The average Bonchev–Trinajstić information content (AvgIpc) is 2.65. The van der Waals surface area contributed by atoms with Gasteiger partial charge in [-0.2, -0.15) is 5.10 Å². The molecule has 1 amide bonds. The number of methoxy groups -OCH3 is 1. The molecule has 126 valence electrons. The molecule has 0 heterocycles. The third-order valence-electron chi connectivity index (χ3n) is 3.91. The molecule has 1 N–H and O–H groups in total. The fourth-order valence-electron chi connectivity index (χ4n) is 2.48. The molecule has 0 aliphatic carbocycles. The summed E-state index contributed by atoms with van der Waals surface area (Å²) in [5.74, 6) is -0.363. The predicted octanol–water partition coefficient (Wildman–Crippen LogP) is 4.14. The monoisotopic (exact) mass is 336 g/mol. The quantitative estimate of drug-likeness (QED) is 0.575. The van der Waals surface area contributed by atoms with Crippen LogP contribution in [0.2, 0.25) is 0 Å².